The van der Waals surface area contributed by atoms with E-state index in [0.717, 1.165) is 5.56 Å². The number of benzene rings is 2. The van der Waals surface area contributed by atoms with E-state index in [4.69, 9.17) is 16.0 Å². The minimum Gasteiger partial charge on any atom is -0.450 e. The first-order valence-corrected chi connectivity index (χ1v) is 9.45. The summed E-state index contributed by atoms with van der Waals surface area (Å²) in [4.78, 5) is 32.2. The molecule has 0 saturated heterocycles. The van der Waals surface area contributed by atoms with E-state index in [1.165, 1.54) is 16.2 Å². The second-order valence-electron chi connectivity index (χ2n) is 6.11. The van der Waals surface area contributed by atoms with Crippen molar-refractivity contribution in [1.29, 1.82) is 0 Å². The minimum atomic E-state index is -0.614. The first kappa shape index (κ1) is 16.2. The van der Waals surface area contributed by atoms with E-state index in [0.29, 0.717) is 26.7 Å². The summed E-state index contributed by atoms with van der Waals surface area (Å²) in [5, 5.41) is 3.32. The van der Waals surface area contributed by atoms with Crippen LogP contribution in [0.2, 0.25) is 5.02 Å². The van der Waals surface area contributed by atoms with Crippen LogP contribution in [-0.2, 0) is 0 Å². The van der Waals surface area contributed by atoms with Crippen molar-refractivity contribution in [3.05, 3.63) is 92.2 Å². The van der Waals surface area contributed by atoms with E-state index >= 15 is 0 Å². The van der Waals surface area contributed by atoms with Crippen molar-refractivity contribution in [2.75, 3.05) is 4.90 Å². The molecule has 0 N–H and O–H groups in total. The summed E-state index contributed by atoms with van der Waals surface area (Å²) in [7, 11) is 0. The Morgan fingerprint density at radius 1 is 1.07 bits per heavy atom. The summed E-state index contributed by atoms with van der Waals surface area (Å²) < 4.78 is 5.86. The average Bonchev–Trinajstić information content (AvgIpc) is 3.30. The summed E-state index contributed by atoms with van der Waals surface area (Å²) in [6, 6.07) is 13.4. The van der Waals surface area contributed by atoms with Crippen LogP contribution in [0.1, 0.15) is 27.7 Å². The van der Waals surface area contributed by atoms with Crippen molar-refractivity contribution in [1.82, 2.24) is 4.98 Å². The molecule has 0 bridgehead atoms. The van der Waals surface area contributed by atoms with E-state index in [-0.39, 0.29) is 17.1 Å². The Morgan fingerprint density at radius 3 is 2.59 bits per heavy atom. The molecule has 0 spiro atoms. The smallest absolute Gasteiger partial charge is 0.297 e. The Labute approximate surface area is 162 Å². The zero-order valence-electron chi connectivity index (χ0n) is 13.8. The Balaban J connectivity index is 1.83. The highest BCUT2D eigenvalue weighted by molar-refractivity contribution is 7.13. The quantitative estimate of drug-likeness (QED) is 0.496. The third-order valence-corrected chi connectivity index (χ3v) is 5.61. The number of thiazole rings is 1. The molecule has 1 amide bonds. The lowest BCUT2D eigenvalue weighted by Crippen LogP contribution is -2.29. The van der Waals surface area contributed by atoms with Gasteiger partial charge in [-0.15, -0.1) is 11.3 Å². The van der Waals surface area contributed by atoms with Gasteiger partial charge in [0.1, 0.15) is 5.58 Å². The van der Waals surface area contributed by atoms with Gasteiger partial charge >= 0.3 is 0 Å². The molecule has 1 aliphatic rings. The predicted octanol–water partition coefficient (Wildman–Crippen LogP) is 4.65. The Kier molecular flexibility index (Phi) is 3.63. The van der Waals surface area contributed by atoms with E-state index in [9.17, 15) is 9.59 Å². The number of hydrogen-bond donors (Lipinski definition) is 0. The van der Waals surface area contributed by atoms with E-state index < -0.39 is 6.04 Å². The molecule has 1 aliphatic heterocycles. The van der Waals surface area contributed by atoms with Crippen molar-refractivity contribution in [3.63, 3.8) is 0 Å². The van der Waals surface area contributed by atoms with E-state index in [1.807, 2.05) is 12.1 Å². The van der Waals surface area contributed by atoms with Crippen molar-refractivity contribution in [3.8, 4) is 0 Å². The highest BCUT2D eigenvalue weighted by atomic mass is 35.5. The summed E-state index contributed by atoms with van der Waals surface area (Å²) in [6.45, 7) is 0. The fourth-order valence-electron chi connectivity index (χ4n) is 3.41. The Bertz CT molecular complexity index is 1230. The lowest BCUT2D eigenvalue weighted by molar-refractivity contribution is 0.0971. The van der Waals surface area contributed by atoms with Crippen molar-refractivity contribution in [2.45, 2.75) is 6.04 Å². The van der Waals surface area contributed by atoms with Crippen molar-refractivity contribution in [2.24, 2.45) is 0 Å². The molecule has 0 unspecified atom stereocenters. The predicted molar refractivity (Wildman–Crippen MR) is 105 cm³/mol. The van der Waals surface area contributed by atoms with Gasteiger partial charge in [0.05, 0.1) is 17.0 Å². The van der Waals surface area contributed by atoms with Gasteiger partial charge in [-0.3, -0.25) is 14.5 Å². The largest absolute Gasteiger partial charge is 0.450 e. The molecule has 4 aromatic rings. The molecular weight excluding hydrogens is 384 g/mol. The summed E-state index contributed by atoms with van der Waals surface area (Å²) >= 11 is 7.35. The number of hydrogen-bond acceptors (Lipinski definition) is 5. The molecule has 7 heteroatoms. The molecule has 0 saturated carbocycles. The number of nitrogens with zero attached hydrogens (tertiary/aromatic N) is 2. The molecule has 2 aromatic heterocycles. The van der Waals surface area contributed by atoms with E-state index in [1.54, 1.807) is 48.0 Å². The van der Waals surface area contributed by atoms with Crippen molar-refractivity contribution < 1.29 is 9.21 Å². The zero-order valence-corrected chi connectivity index (χ0v) is 15.3. The standard InChI is InChI=1S/C20H11ClN2O3S/c21-12-7-5-11(6-8-12)16-15-17(24)13-3-1-2-4-14(13)26-18(15)19(25)23(16)20-22-9-10-27-20/h1-10,16H/t16-/m0/s1. The lowest BCUT2D eigenvalue weighted by Gasteiger charge is -2.22. The first-order chi connectivity index (χ1) is 13.1. The van der Waals surface area contributed by atoms with Gasteiger partial charge < -0.3 is 4.42 Å². The van der Waals surface area contributed by atoms with Crippen LogP contribution in [0.3, 0.4) is 0 Å². The van der Waals surface area contributed by atoms with Crippen LogP contribution in [0.5, 0.6) is 0 Å². The van der Waals surface area contributed by atoms with Crippen LogP contribution < -0.4 is 10.3 Å². The summed E-state index contributed by atoms with van der Waals surface area (Å²) in [5.74, 6) is -0.309. The fourth-order valence-corrected chi connectivity index (χ4v) is 4.21. The summed E-state index contributed by atoms with van der Waals surface area (Å²) in [5.41, 5.74) is 1.28. The number of rotatable bonds is 2. The number of fused-ring (bicyclic) bond motifs is 2. The number of para-hydroxylation sites is 1. The third kappa shape index (κ3) is 2.41. The van der Waals surface area contributed by atoms with Gasteiger partial charge in [0, 0.05) is 16.6 Å². The van der Waals surface area contributed by atoms with Crippen molar-refractivity contribution >= 4 is 44.9 Å². The summed E-state index contributed by atoms with van der Waals surface area (Å²) in [6.07, 6.45) is 1.63. The van der Waals surface area contributed by atoms with Crippen LogP contribution in [0.15, 0.2) is 69.3 Å². The van der Waals surface area contributed by atoms with Crippen LogP contribution in [0.4, 0.5) is 5.13 Å². The number of amides is 1. The Hall–Kier alpha value is -2.96. The maximum atomic E-state index is 13.2. The molecule has 2 aromatic carbocycles. The maximum absolute atomic E-state index is 13.2. The molecular formula is C20H11ClN2O3S. The van der Waals surface area contributed by atoms with E-state index in [2.05, 4.69) is 4.98 Å². The minimum absolute atomic E-state index is 0.0637. The van der Waals surface area contributed by atoms with Crippen LogP contribution in [-0.4, -0.2) is 10.9 Å². The molecule has 0 fully saturated rings. The molecule has 27 heavy (non-hydrogen) atoms. The van der Waals surface area contributed by atoms with Gasteiger partial charge in [-0.05, 0) is 29.8 Å². The first-order valence-electron chi connectivity index (χ1n) is 8.19. The number of carbonyl (C=O) groups is 1. The second kappa shape index (κ2) is 6.04. The molecule has 0 aliphatic carbocycles. The number of aromatic nitrogens is 1. The average molecular weight is 395 g/mol. The molecule has 3 heterocycles. The molecule has 0 radical (unpaired) electrons. The van der Waals surface area contributed by atoms with Crippen LogP contribution >= 0.6 is 22.9 Å². The van der Waals surface area contributed by atoms with Gasteiger partial charge in [-0.2, -0.15) is 0 Å². The third-order valence-electron chi connectivity index (χ3n) is 4.59. The number of anilines is 1. The topological polar surface area (TPSA) is 63.4 Å². The molecule has 5 rings (SSSR count). The fraction of sp³-hybridized carbons (Fsp3) is 0.0500. The molecule has 132 valence electrons. The lowest BCUT2D eigenvalue weighted by atomic mass is 9.99. The highest BCUT2D eigenvalue weighted by Crippen LogP contribution is 2.41. The number of carbonyl (C=O) groups excluding carboxylic acids is 1. The molecule has 1 atom stereocenters. The van der Waals surface area contributed by atoms with Gasteiger partial charge in [0.25, 0.3) is 5.91 Å². The number of halogens is 1. The second-order valence-corrected chi connectivity index (χ2v) is 7.42. The monoisotopic (exact) mass is 394 g/mol. The van der Waals surface area contributed by atoms with Gasteiger partial charge in [-0.25, -0.2) is 4.98 Å². The highest BCUT2D eigenvalue weighted by Gasteiger charge is 2.44. The molecule has 5 nitrogen and oxygen atoms in total. The SMILES string of the molecule is O=C1c2oc3ccccc3c(=O)c2[C@H](c2ccc(Cl)cc2)N1c1nccs1. The van der Waals surface area contributed by atoms with Crippen LogP contribution in [0, 0.1) is 0 Å². The van der Waals surface area contributed by atoms with Gasteiger partial charge in [-0.1, -0.05) is 35.9 Å². The van der Waals surface area contributed by atoms with Crippen LogP contribution in [0.25, 0.3) is 11.0 Å². The van der Waals surface area contributed by atoms with Gasteiger partial charge in [0.15, 0.2) is 10.6 Å². The maximum Gasteiger partial charge on any atom is 0.297 e. The normalized spacial score (nSPS) is 16.1. The zero-order chi connectivity index (χ0) is 18.5. The Morgan fingerprint density at radius 2 is 1.85 bits per heavy atom. The van der Waals surface area contributed by atoms with Gasteiger partial charge in [0.2, 0.25) is 5.76 Å².